The van der Waals surface area contributed by atoms with Gasteiger partial charge in [0, 0.05) is 56.6 Å². The van der Waals surface area contributed by atoms with E-state index in [1.165, 1.54) is 25.7 Å². The Balaban J connectivity index is 1.46. The third-order valence-electron chi connectivity index (χ3n) is 7.42. The van der Waals surface area contributed by atoms with Crippen molar-refractivity contribution in [1.29, 1.82) is 0 Å². The molecule has 8 nitrogen and oxygen atoms in total. The van der Waals surface area contributed by atoms with Crippen LogP contribution in [0, 0.1) is 16.0 Å². The summed E-state index contributed by atoms with van der Waals surface area (Å²) in [6, 6.07) is 5.94. The second kappa shape index (κ2) is 8.15. The molecule has 0 N–H and O–H groups in total. The highest BCUT2D eigenvalue weighted by atomic mass is 16.6. The summed E-state index contributed by atoms with van der Waals surface area (Å²) in [7, 11) is 0. The van der Waals surface area contributed by atoms with Crippen LogP contribution in [0.3, 0.4) is 0 Å². The van der Waals surface area contributed by atoms with E-state index in [1.54, 1.807) is 12.1 Å². The van der Waals surface area contributed by atoms with Crippen LogP contribution in [-0.4, -0.2) is 78.7 Å². The summed E-state index contributed by atoms with van der Waals surface area (Å²) in [5, 5.41) is 11.3. The van der Waals surface area contributed by atoms with Crippen molar-refractivity contribution in [1.82, 2.24) is 9.80 Å². The molecule has 8 heteroatoms. The SMILES string of the molecule is O=C([C@@H]1Cc2cc([N+](=O)[O-])ccc2N2CCN(C3CCCC3)C[C@@H]12)N1CCOCC1. The van der Waals surface area contributed by atoms with E-state index in [0.717, 1.165) is 30.9 Å². The molecule has 0 unspecified atom stereocenters. The molecule has 162 valence electrons. The Kier molecular flexibility index (Phi) is 5.37. The Morgan fingerprint density at radius 3 is 2.60 bits per heavy atom. The highest BCUT2D eigenvalue weighted by Gasteiger charge is 2.44. The van der Waals surface area contributed by atoms with Crippen molar-refractivity contribution in [2.24, 2.45) is 5.92 Å². The third kappa shape index (κ3) is 3.56. The van der Waals surface area contributed by atoms with Crippen molar-refractivity contribution < 1.29 is 14.5 Å². The zero-order valence-electron chi connectivity index (χ0n) is 17.4. The Morgan fingerprint density at radius 1 is 1.10 bits per heavy atom. The minimum absolute atomic E-state index is 0.106. The van der Waals surface area contributed by atoms with E-state index < -0.39 is 0 Å². The standard InChI is InChI=1S/C22H30N4O4/c27-22(23-9-11-30-12-10-23)19-14-16-13-18(26(28)29)5-6-20(16)25-8-7-24(15-21(19)25)17-3-1-2-4-17/h5-6,13,17,19,21H,1-4,7-12,14-15H2/t19-,21+/m1/s1. The van der Waals surface area contributed by atoms with Crippen molar-refractivity contribution in [2.75, 3.05) is 50.8 Å². The zero-order chi connectivity index (χ0) is 20.7. The minimum Gasteiger partial charge on any atom is -0.378 e. The van der Waals surface area contributed by atoms with Crippen molar-refractivity contribution in [3.63, 3.8) is 0 Å². The molecule has 30 heavy (non-hydrogen) atoms. The van der Waals surface area contributed by atoms with Gasteiger partial charge in [-0.25, -0.2) is 0 Å². The van der Waals surface area contributed by atoms with E-state index in [-0.39, 0.29) is 28.5 Å². The summed E-state index contributed by atoms with van der Waals surface area (Å²) in [4.78, 5) is 31.4. The van der Waals surface area contributed by atoms with Gasteiger partial charge in [-0.1, -0.05) is 12.8 Å². The molecule has 1 aromatic rings. The molecule has 0 spiro atoms. The highest BCUT2D eigenvalue weighted by molar-refractivity contribution is 5.82. The van der Waals surface area contributed by atoms with Crippen molar-refractivity contribution in [2.45, 2.75) is 44.2 Å². The molecule has 3 heterocycles. The summed E-state index contributed by atoms with van der Waals surface area (Å²) >= 11 is 0. The normalized spacial score (nSPS) is 27.6. The lowest BCUT2D eigenvalue weighted by Crippen LogP contribution is -2.63. The van der Waals surface area contributed by atoms with Crippen LogP contribution in [0.1, 0.15) is 31.2 Å². The Labute approximate surface area is 176 Å². The fourth-order valence-corrected chi connectivity index (χ4v) is 5.85. The quantitative estimate of drug-likeness (QED) is 0.557. The number of nitrogens with zero attached hydrogens (tertiary/aromatic N) is 4. The maximum atomic E-state index is 13.6. The average molecular weight is 415 g/mol. The van der Waals surface area contributed by atoms with Crippen LogP contribution < -0.4 is 4.90 Å². The smallest absolute Gasteiger partial charge is 0.269 e. The molecule has 2 saturated heterocycles. The lowest BCUT2D eigenvalue weighted by atomic mass is 9.82. The number of non-ortho nitro benzene ring substituents is 1. The molecular weight excluding hydrogens is 384 g/mol. The van der Waals surface area contributed by atoms with Crippen LogP contribution in [0.4, 0.5) is 11.4 Å². The summed E-state index contributed by atoms with van der Waals surface area (Å²) < 4.78 is 5.44. The molecule has 1 saturated carbocycles. The van der Waals surface area contributed by atoms with E-state index in [4.69, 9.17) is 4.74 Å². The fraction of sp³-hybridized carbons (Fsp3) is 0.682. The lowest BCUT2D eigenvalue weighted by molar-refractivity contribution is -0.384. The van der Waals surface area contributed by atoms with Crippen molar-refractivity contribution in [3.8, 4) is 0 Å². The monoisotopic (exact) mass is 414 g/mol. The summed E-state index contributed by atoms with van der Waals surface area (Å²) in [5.74, 6) is 0.0144. The molecule has 3 aliphatic heterocycles. The number of piperazine rings is 1. The van der Waals surface area contributed by atoms with Gasteiger partial charge in [0.2, 0.25) is 5.91 Å². The van der Waals surface area contributed by atoms with Gasteiger partial charge in [-0.05, 0) is 30.9 Å². The molecule has 1 aromatic carbocycles. The molecule has 2 atom stereocenters. The maximum Gasteiger partial charge on any atom is 0.269 e. The number of morpholine rings is 1. The topological polar surface area (TPSA) is 79.2 Å². The van der Waals surface area contributed by atoms with Gasteiger partial charge in [-0.3, -0.25) is 19.8 Å². The third-order valence-corrected chi connectivity index (χ3v) is 7.42. The van der Waals surface area contributed by atoms with E-state index in [0.29, 0.717) is 38.8 Å². The highest BCUT2D eigenvalue weighted by Crippen LogP contribution is 2.39. The number of hydrogen-bond donors (Lipinski definition) is 0. The number of nitro benzene ring substituents is 1. The largest absolute Gasteiger partial charge is 0.378 e. The molecule has 0 aromatic heterocycles. The maximum absolute atomic E-state index is 13.6. The number of benzene rings is 1. The van der Waals surface area contributed by atoms with Crippen molar-refractivity contribution >= 4 is 17.3 Å². The molecular formula is C22H30N4O4. The Morgan fingerprint density at radius 2 is 1.87 bits per heavy atom. The first kappa shape index (κ1) is 19.8. The number of amides is 1. The first-order valence-corrected chi connectivity index (χ1v) is 11.3. The van der Waals surface area contributed by atoms with Crippen molar-refractivity contribution in [3.05, 3.63) is 33.9 Å². The van der Waals surface area contributed by atoms with Crippen LogP contribution in [0.2, 0.25) is 0 Å². The van der Waals surface area contributed by atoms with Gasteiger partial charge in [0.15, 0.2) is 0 Å². The molecule has 4 aliphatic rings. The summed E-state index contributed by atoms with van der Waals surface area (Å²) in [6.45, 7) is 5.22. The second-order valence-corrected chi connectivity index (χ2v) is 9.01. The summed E-state index contributed by atoms with van der Waals surface area (Å²) in [5.41, 5.74) is 2.11. The van der Waals surface area contributed by atoms with Gasteiger partial charge >= 0.3 is 0 Å². The van der Waals surface area contributed by atoms with Gasteiger partial charge in [0.1, 0.15) is 0 Å². The van der Waals surface area contributed by atoms with Gasteiger partial charge in [0.25, 0.3) is 5.69 Å². The Bertz CT molecular complexity index is 819. The Hall–Kier alpha value is -2.19. The number of ether oxygens (including phenoxy) is 1. The van der Waals surface area contributed by atoms with E-state index >= 15 is 0 Å². The van der Waals surface area contributed by atoms with Crippen LogP contribution in [-0.2, 0) is 16.0 Å². The number of rotatable bonds is 3. The molecule has 1 amide bonds. The molecule has 5 rings (SSSR count). The number of carbonyl (C=O) groups excluding carboxylic acids is 1. The number of carbonyl (C=O) groups is 1. The van der Waals surface area contributed by atoms with Crippen LogP contribution >= 0.6 is 0 Å². The van der Waals surface area contributed by atoms with E-state index in [9.17, 15) is 14.9 Å². The predicted octanol–water partition coefficient (Wildman–Crippen LogP) is 2.06. The summed E-state index contributed by atoms with van der Waals surface area (Å²) in [6.07, 6.45) is 5.71. The van der Waals surface area contributed by atoms with Crippen LogP contribution in [0.25, 0.3) is 0 Å². The number of fused-ring (bicyclic) bond motifs is 3. The van der Waals surface area contributed by atoms with Gasteiger partial charge < -0.3 is 14.5 Å². The number of anilines is 1. The first-order valence-electron chi connectivity index (χ1n) is 11.3. The van der Waals surface area contributed by atoms with Crippen LogP contribution in [0.5, 0.6) is 0 Å². The fourth-order valence-electron chi connectivity index (χ4n) is 5.85. The first-order chi connectivity index (χ1) is 14.6. The van der Waals surface area contributed by atoms with Gasteiger partial charge in [-0.15, -0.1) is 0 Å². The molecule has 0 bridgehead atoms. The van der Waals surface area contributed by atoms with Gasteiger partial charge in [0.05, 0.1) is 30.1 Å². The zero-order valence-corrected chi connectivity index (χ0v) is 17.4. The van der Waals surface area contributed by atoms with E-state index in [1.807, 2.05) is 11.0 Å². The number of hydrogen-bond acceptors (Lipinski definition) is 6. The molecule has 3 fully saturated rings. The lowest BCUT2D eigenvalue weighted by Gasteiger charge is -2.51. The number of nitro groups is 1. The second-order valence-electron chi connectivity index (χ2n) is 9.01. The van der Waals surface area contributed by atoms with Crippen LogP contribution in [0.15, 0.2) is 18.2 Å². The molecule has 1 aliphatic carbocycles. The van der Waals surface area contributed by atoms with Gasteiger partial charge in [-0.2, -0.15) is 0 Å². The molecule has 0 radical (unpaired) electrons. The van der Waals surface area contributed by atoms with E-state index in [2.05, 4.69) is 9.80 Å². The predicted molar refractivity (Wildman–Crippen MR) is 113 cm³/mol. The minimum atomic E-state index is -0.344. The average Bonchev–Trinajstić information content (AvgIpc) is 3.33.